The molecule has 2 N–H and O–H groups in total. The molecule has 1 heterocycles. The number of halogens is 1. The Hall–Kier alpha value is -3.45. The van der Waals surface area contributed by atoms with Crippen molar-refractivity contribution in [1.82, 2.24) is 0 Å². The topological polar surface area (TPSA) is 78.5 Å². The van der Waals surface area contributed by atoms with E-state index in [1.807, 2.05) is 56.3 Å². The van der Waals surface area contributed by atoms with E-state index in [1.165, 1.54) is 0 Å². The van der Waals surface area contributed by atoms with E-state index in [2.05, 4.69) is 26.6 Å². The molecule has 3 aromatic carbocycles. The summed E-state index contributed by atoms with van der Waals surface area (Å²) >= 11 is 3.39. The van der Waals surface area contributed by atoms with Crippen LogP contribution in [-0.2, 0) is 9.59 Å². The van der Waals surface area contributed by atoms with Crippen LogP contribution in [0.3, 0.4) is 0 Å². The summed E-state index contributed by atoms with van der Waals surface area (Å²) in [6.07, 6.45) is 0.148. The monoisotopic (exact) mass is 505 g/mol. The van der Waals surface area contributed by atoms with Crippen molar-refractivity contribution in [2.45, 2.75) is 20.3 Å². The Bertz CT molecular complexity index is 1220. The van der Waals surface area contributed by atoms with Gasteiger partial charge in [0.05, 0.1) is 5.92 Å². The molecule has 0 aromatic heterocycles. The number of amides is 3. The molecule has 0 saturated carbocycles. The van der Waals surface area contributed by atoms with Crippen LogP contribution in [0, 0.1) is 19.8 Å². The van der Waals surface area contributed by atoms with E-state index in [-0.39, 0.29) is 24.1 Å². The molecule has 168 valence electrons. The largest absolute Gasteiger partial charge is 0.326 e. The predicted molar refractivity (Wildman–Crippen MR) is 134 cm³/mol. The number of rotatable bonds is 5. The lowest BCUT2D eigenvalue weighted by Crippen LogP contribution is -2.28. The van der Waals surface area contributed by atoms with Crippen LogP contribution in [-0.4, -0.2) is 24.3 Å². The molecule has 3 aromatic rings. The molecule has 1 fully saturated rings. The lowest BCUT2D eigenvalue weighted by atomic mass is 10.1. The van der Waals surface area contributed by atoms with Gasteiger partial charge in [0.15, 0.2) is 0 Å². The predicted octanol–water partition coefficient (Wildman–Crippen LogP) is 5.31. The van der Waals surface area contributed by atoms with Crippen LogP contribution in [0.2, 0.25) is 0 Å². The van der Waals surface area contributed by atoms with Gasteiger partial charge in [0.2, 0.25) is 11.8 Å². The Balaban J connectivity index is 1.41. The fourth-order valence-electron chi connectivity index (χ4n) is 3.88. The number of aryl methyl sites for hydroxylation is 2. The lowest BCUT2D eigenvalue weighted by Gasteiger charge is -2.17. The molecular weight excluding hydrogens is 482 g/mol. The van der Waals surface area contributed by atoms with Crippen LogP contribution in [0.15, 0.2) is 71.2 Å². The highest BCUT2D eigenvalue weighted by molar-refractivity contribution is 9.10. The highest BCUT2D eigenvalue weighted by Crippen LogP contribution is 2.27. The quantitative estimate of drug-likeness (QED) is 0.493. The first-order chi connectivity index (χ1) is 15.8. The Labute approximate surface area is 201 Å². The molecule has 0 unspecified atom stereocenters. The molecule has 7 heteroatoms. The number of carbonyl (C=O) groups is 3. The Morgan fingerprint density at radius 1 is 0.970 bits per heavy atom. The minimum absolute atomic E-state index is 0.0842. The molecular formula is C26H24BrN3O3. The summed E-state index contributed by atoms with van der Waals surface area (Å²) in [4.78, 5) is 39.7. The van der Waals surface area contributed by atoms with Crippen molar-refractivity contribution in [2.24, 2.45) is 5.92 Å². The molecule has 1 atom stereocenters. The van der Waals surface area contributed by atoms with Crippen molar-refractivity contribution in [3.63, 3.8) is 0 Å². The summed E-state index contributed by atoms with van der Waals surface area (Å²) in [7, 11) is 0. The van der Waals surface area contributed by atoms with E-state index in [4.69, 9.17) is 0 Å². The summed E-state index contributed by atoms with van der Waals surface area (Å²) < 4.78 is 0.925. The van der Waals surface area contributed by atoms with Gasteiger partial charge < -0.3 is 15.5 Å². The second-order valence-corrected chi connectivity index (χ2v) is 9.14. The van der Waals surface area contributed by atoms with Crippen molar-refractivity contribution in [1.29, 1.82) is 0 Å². The van der Waals surface area contributed by atoms with Crippen LogP contribution in [0.25, 0.3) is 0 Å². The Morgan fingerprint density at radius 2 is 1.73 bits per heavy atom. The number of carbonyl (C=O) groups excluding carboxylic acids is 3. The first-order valence-corrected chi connectivity index (χ1v) is 11.4. The molecule has 33 heavy (non-hydrogen) atoms. The molecule has 0 aliphatic carbocycles. The molecule has 1 aliphatic heterocycles. The van der Waals surface area contributed by atoms with Crippen LogP contribution in [0.5, 0.6) is 0 Å². The Kier molecular flexibility index (Phi) is 6.60. The number of benzene rings is 3. The fourth-order valence-corrected chi connectivity index (χ4v) is 4.15. The third-order valence-electron chi connectivity index (χ3n) is 5.66. The lowest BCUT2D eigenvalue weighted by molar-refractivity contribution is -0.122. The first-order valence-electron chi connectivity index (χ1n) is 10.7. The van der Waals surface area contributed by atoms with E-state index in [9.17, 15) is 14.4 Å². The highest BCUT2D eigenvalue weighted by Gasteiger charge is 2.35. The fraction of sp³-hybridized carbons (Fsp3) is 0.192. The van der Waals surface area contributed by atoms with Gasteiger partial charge in [-0.25, -0.2) is 0 Å². The van der Waals surface area contributed by atoms with Gasteiger partial charge in [-0.15, -0.1) is 0 Å². The van der Waals surface area contributed by atoms with Gasteiger partial charge in [-0.2, -0.15) is 0 Å². The summed E-state index contributed by atoms with van der Waals surface area (Å²) in [5.74, 6) is -1.04. The molecule has 0 radical (unpaired) electrons. The standard InChI is InChI=1S/C26H24BrN3O3/c1-16-6-11-23(17(2)12-16)29-25(32)18-4-3-5-21(13-18)28-26(33)19-14-24(31)30(15-19)22-9-7-20(27)8-10-22/h3-13,19H,14-15H2,1-2H3,(H,28,33)(H,29,32)/t19-/m1/s1. The van der Waals surface area contributed by atoms with Crippen molar-refractivity contribution in [3.8, 4) is 0 Å². The van der Waals surface area contributed by atoms with Gasteiger partial charge in [0.1, 0.15) is 0 Å². The summed E-state index contributed by atoms with van der Waals surface area (Å²) in [5, 5.41) is 5.77. The van der Waals surface area contributed by atoms with Crippen molar-refractivity contribution < 1.29 is 14.4 Å². The molecule has 1 saturated heterocycles. The molecule has 1 aliphatic rings. The summed E-state index contributed by atoms with van der Waals surface area (Å²) in [5.41, 5.74) is 4.57. The molecule has 0 spiro atoms. The Morgan fingerprint density at radius 3 is 2.45 bits per heavy atom. The average molecular weight is 506 g/mol. The van der Waals surface area contributed by atoms with Gasteiger partial charge >= 0.3 is 0 Å². The van der Waals surface area contributed by atoms with E-state index in [0.717, 1.165) is 27.0 Å². The van der Waals surface area contributed by atoms with Crippen LogP contribution in [0.4, 0.5) is 17.1 Å². The van der Waals surface area contributed by atoms with E-state index >= 15 is 0 Å². The molecule has 0 bridgehead atoms. The maximum Gasteiger partial charge on any atom is 0.255 e. The minimum Gasteiger partial charge on any atom is -0.326 e. The number of nitrogens with one attached hydrogen (secondary N) is 2. The SMILES string of the molecule is Cc1ccc(NC(=O)c2cccc(NC(=O)[C@@H]3CC(=O)N(c4ccc(Br)cc4)C3)c2)c(C)c1. The van der Waals surface area contributed by atoms with Crippen LogP contribution >= 0.6 is 15.9 Å². The second-order valence-electron chi connectivity index (χ2n) is 8.22. The van der Waals surface area contributed by atoms with Crippen molar-refractivity contribution in [2.75, 3.05) is 22.1 Å². The first kappa shape index (κ1) is 22.7. The molecule has 6 nitrogen and oxygen atoms in total. The number of nitrogens with zero attached hydrogens (tertiary/aromatic N) is 1. The normalized spacial score (nSPS) is 15.4. The average Bonchev–Trinajstić information content (AvgIpc) is 3.18. The zero-order valence-corrected chi connectivity index (χ0v) is 20.0. The van der Waals surface area contributed by atoms with E-state index in [1.54, 1.807) is 29.2 Å². The van der Waals surface area contributed by atoms with Gasteiger partial charge in [0.25, 0.3) is 5.91 Å². The number of anilines is 3. The maximum absolute atomic E-state index is 12.8. The third-order valence-corrected chi connectivity index (χ3v) is 6.19. The van der Waals surface area contributed by atoms with Crippen LogP contribution in [0.1, 0.15) is 27.9 Å². The van der Waals surface area contributed by atoms with Gasteiger partial charge in [0, 0.05) is 40.1 Å². The maximum atomic E-state index is 12.8. The number of hydrogen-bond donors (Lipinski definition) is 2. The van der Waals surface area contributed by atoms with Gasteiger partial charge in [-0.3, -0.25) is 14.4 Å². The second kappa shape index (κ2) is 9.58. The van der Waals surface area contributed by atoms with E-state index in [0.29, 0.717) is 17.8 Å². The zero-order chi connectivity index (χ0) is 23.5. The third kappa shape index (κ3) is 5.31. The van der Waals surface area contributed by atoms with E-state index < -0.39 is 5.92 Å². The van der Waals surface area contributed by atoms with Crippen molar-refractivity contribution >= 4 is 50.7 Å². The van der Waals surface area contributed by atoms with Crippen molar-refractivity contribution in [3.05, 3.63) is 87.9 Å². The number of hydrogen-bond acceptors (Lipinski definition) is 3. The summed E-state index contributed by atoms with van der Waals surface area (Å²) in [6.45, 7) is 4.26. The van der Waals surface area contributed by atoms with Crippen LogP contribution < -0.4 is 15.5 Å². The van der Waals surface area contributed by atoms with Gasteiger partial charge in [-0.1, -0.05) is 39.7 Å². The zero-order valence-electron chi connectivity index (χ0n) is 18.4. The summed E-state index contributed by atoms with van der Waals surface area (Å²) in [6, 6.07) is 20.0. The molecule has 4 rings (SSSR count). The van der Waals surface area contributed by atoms with Gasteiger partial charge in [-0.05, 0) is 67.9 Å². The minimum atomic E-state index is -0.464. The molecule has 3 amide bonds. The highest BCUT2D eigenvalue weighted by atomic mass is 79.9. The smallest absolute Gasteiger partial charge is 0.255 e.